The van der Waals surface area contributed by atoms with Crippen LogP contribution in [0.15, 0.2) is 42.5 Å². The fraction of sp³-hybridized carbons (Fsp3) is 0.414. The fourth-order valence-corrected chi connectivity index (χ4v) is 6.04. The minimum atomic E-state index is -3.33. The number of morpholine rings is 1. The van der Waals surface area contributed by atoms with Crippen LogP contribution in [0.3, 0.4) is 0 Å². The minimum absolute atomic E-state index is 0.0452. The molecule has 10 heteroatoms. The van der Waals surface area contributed by atoms with Gasteiger partial charge in [0.2, 0.25) is 10.0 Å². The second-order valence-corrected chi connectivity index (χ2v) is 12.3. The molecule has 5 rings (SSSR count). The highest BCUT2D eigenvalue weighted by molar-refractivity contribution is 7.88. The zero-order valence-corrected chi connectivity index (χ0v) is 23.6. The smallest absolute Gasteiger partial charge is 0.211 e. The Labute approximate surface area is 235 Å². The van der Waals surface area contributed by atoms with Gasteiger partial charge in [-0.05, 0) is 36.2 Å². The lowest BCUT2D eigenvalue weighted by Crippen LogP contribution is -2.37. The van der Waals surface area contributed by atoms with Crippen LogP contribution in [0.4, 0.5) is 0 Å². The summed E-state index contributed by atoms with van der Waals surface area (Å²) in [6, 6.07) is 13.1. The zero-order valence-electron chi connectivity index (χ0n) is 22.1. The molecule has 206 valence electrons. The molecule has 0 saturated carbocycles. The largest absolute Gasteiger partial charge is 0.392 e. The summed E-state index contributed by atoms with van der Waals surface area (Å²) in [5.74, 6) is 6.30. The number of fused-ring (bicyclic) bond motifs is 1. The van der Waals surface area contributed by atoms with E-state index in [2.05, 4.69) is 21.4 Å². The second kappa shape index (κ2) is 12.2. The molecule has 1 N–H and O–H groups in total. The number of sulfonamides is 1. The van der Waals surface area contributed by atoms with Crippen LogP contribution in [-0.2, 0) is 40.9 Å². The van der Waals surface area contributed by atoms with Crippen LogP contribution in [0.5, 0.6) is 0 Å². The number of aromatic nitrogens is 2. The predicted octanol–water partition coefficient (Wildman–Crippen LogP) is 3.14. The van der Waals surface area contributed by atoms with Gasteiger partial charge in [-0.1, -0.05) is 41.6 Å². The topological polar surface area (TPSA) is 87.9 Å². The average Bonchev–Trinajstić information content (AvgIpc) is 3.31. The van der Waals surface area contributed by atoms with Crippen molar-refractivity contribution in [1.82, 2.24) is 19.0 Å². The molecule has 2 aliphatic heterocycles. The molecule has 39 heavy (non-hydrogen) atoms. The van der Waals surface area contributed by atoms with Crippen molar-refractivity contribution in [3.05, 3.63) is 75.4 Å². The Balaban J connectivity index is 1.45. The Morgan fingerprint density at radius 3 is 2.67 bits per heavy atom. The minimum Gasteiger partial charge on any atom is -0.392 e. The molecule has 1 saturated heterocycles. The Bertz CT molecular complexity index is 1500. The van der Waals surface area contributed by atoms with Gasteiger partial charge in [0.25, 0.3) is 0 Å². The summed E-state index contributed by atoms with van der Waals surface area (Å²) in [5, 5.41) is 14.9. The predicted molar refractivity (Wildman–Crippen MR) is 152 cm³/mol. The number of halogens is 1. The first-order valence-corrected chi connectivity index (χ1v) is 15.4. The van der Waals surface area contributed by atoms with Crippen LogP contribution >= 0.6 is 11.6 Å². The van der Waals surface area contributed by atoms with Crippen LogP contribution < -0.4 is 0 Å². The van der Waals surface area contributed by atoms with Gasteiger partial charge >= 0.3 is 0 Å². The molecule has 2 aliphatic rings. The zero-order chi connectivity index (χ0) is 27.4. The van der Waals surface area contributed by atoms with Crippen LogP contribution in [0.1, 0.15) is 34.4 Å². The van der Waals surface area contributed by atoms with Crippen molar-refractivity contribution in [2.75, 3.05) is 45.6 Å². The quantitative estimate of drug-likeness (QED) is 0.441. The Morgan fingerprint density at radius 2 is 1.90 bits per heavy atom. The molecular weight excluding hydrogens is 536 g/mol. The Hall–Kier alpha value is -2.71. The van der Waals surface area contributed by atoms with Crippen molar-refractivity contribution in [3.63, 3.8) is 0 Å². The molecule has 0 amide bonds. The van der Waals surface area contributed by atoms with Crippen molar-refractivity contribution >= 4 is 21.6 Å². The third-order valence-corrected chi connectivity index (χ3v) is 8.79. The lowest BCUT2D eigenvalue weighted by molar-refractivity contribution is 0.0368. The highest BCUT2D eigenvalue weighted by atomic mass is 35.5. The lowest BCUT2D eigenvalue weighted by Gasteiger charge is -2.27. The van der Waals surface area contributed by atoms with Crippen molar-refractivity contribution in [1.29, 1.82) is 0 Å². The molecule has 8 nitrogen and oxygen atoms in total. The van der Waals surface area contributed by atoms with Crippen molar-refractivity contribution in [2.45, 2.75) is 32.5 Å². The molecule has 0 radical (unpaired) electrons. The first kappa shape index (κ1) is 27.8. The third kappa shape index (κ3) is 6.72. The van der Waals surface area contributed by atoms with Gasteiger partial charge < -0.3 is 9.84 Å². The molecular formula is C29H33ClN4O4S. The van der Waals surface area contributed by atoms with E-state index in [-0.39, 0.29) is 6.61 Å². The fourth-order valence-electron chi connectivity index (χ4n) is 5.09. The highest BCUT2D eigenvalue weighted by Crippen LogP contribution is 2.33. The van der Waals surface area contributed by atoms with Crippen LogP contribution in [0.25, 0.3) is 11.3 Å². The number of aliphatic hydroxyl groups is 1. The Morgan fingerprint density at radius 1 is 1.08 bits per heavy atom. The van der Waals surface area contributed by atoms with Crippen molar-refractivity contribution in [2.24, 2.45) is 0 Å². The van der Waals surface area contributed by atoms with Gasteiger partial charge in [0.15, 0.2) is 0 Å². The standard InChI is InChI=1S/C29H33ClN4O4S/c1-39(36,37)33-13-10-28-26(20-33)29(31-34(28)12-3-11-32-14-16-38-17-15-32)25-8-9-27(30)24(19-25)7-6-22-4-2-5-23(18-22)21-35/h2,4-5,8-9,18-19,35H,3,10-17,20-21H2,1H3. The number of aryl methyl sites for hydroxylation is 1. The van der Waals surface area contributed by atoms with Crippen LogP contribution in [0, 0.1) is 11.8 Å². The van der Waals surface area contributed by atoms with E-state index in [1.807, 2.05) is 42.5 Å². The first-order chi connectivity index (χ1) is 18.8. The van der Waals surface area contributed by atoms with E-state index in [0.717, 1.165) is 79.5 Å². The van der Waals surface area contributed by atoms with Gasteiger partial charge in [-0.25, -0.2) is 8.42 Å². The summed E-state index contributed by atoms with van der Waals surface area (Å²) in [7, 11) is -3.33. The average molecular weight is 569 g/mol. The molecule has 0 aliphatic carbocycles. The molecule has 0 unspecified atom stereocenters. The van der Waals surface area contributed by atoms with Gasteiger partial charge in [0.1, 0.15) is 0 Å². The monoisotopic (exact) mass is 568 g/mol. The van der Waals surface area contributed by atoms with Gasteiger partial charge in [-0.2, -0.15) is 9.40 Å². The molecule has 3 heterocycles. The van der Waals surface area contributed by atoms with Gasteiger partial charge in [0.05, 0.1) is 36.8 Å². The summed E-state index contributed by atoms with van der Waals surface area (Å²) in [6.45, 7) is 5.89. The van der Waals surface area contributed by atoms with E-state index in [9.17, 15) is 13.5 Å². The Kier molecular flexibility index (Phi) is 8.72. The number of nitrogens with zero attached hydrogens (tertiary/aromatic N) is 4. The van der Waals surface area contributed by atoms with Gasteiger partial charge in [-0.3, -0.25) is 9.58 Å². The van der Waals surface area contributed by atoms with Crippen LogP contribution in [-0.4, -0.2) is 78.2 Å². The number of aliphatic hydroxyl groups excluding tert-OH is 1. The molecule has 1 fully saturated rings. The van der Waals surface area contributed by atoms with Gasteiger partial charge in [-0.15, -0.1) is 0 Å². The number of hydrogen-bond acceptors (Lipinski definition) is 6. The van der Waals surface area contributed by atoms with E-state index in [1.54, 1.807) is 0 Å². The number of ether oxygens (including phenoxy) is 1. The highest BCUT2D eigenvalue weighted by Gasteiger charge is 2.30. The number of hydrogen-bond donors (Lipinski definition) is 1. The molecule has 3 aromatic rings. The molecule has 0 atom stereocenters. The maximum absolute atomic E-state index is 12.4. The summed E-state index contributed by atoms with van der Waals surface area (Å²) in [4.78, 5) is 2.41. The molecule has 2 aromatic carbocycles. The van der Waals surface area contributed by atoms with E-state index in [0.29, 0.717) is 30.1 Å². The van der Waals surface area contributed by atoms with E-state index in [1.165, 1.54) is 10.6 Å². The summed E-state index contributed by atoms with van der Waals surface area (Å²) in [6.07, 6.45) is 2.83. The summed E-state index contributed by atoms with van der Waals surface area (Å²) < 4.78 is 33.8. The summed E-state index contributed by atoms with van der Waals surface area (Å²) >= 11 is 6.51. The number of benzene rings is 2. The van der Waals surface area contributed by atoms with Crippen LogP contribution in [0.2, 0.25) is 5.02 Å². The second-order valence-electron chi connectivity index (χ2n) is 9.95. The number of rotatable bonds is 7. The lowest BCUT2D eigenvalue weighted by atomic mass is 10.0. The van der Waals surface area contributed by atoms with Crippen molar-refractivity contribution < 1.29 is 18.3 Å². The normalized spacial score (nSPS) is 16.5. The van der Waals surface area contributed by atoms with E-state index in [4.69, 9.17) is 21.4 Å². The molecule has 0 spiro atoms. The SMILES string of the molecule is CS(=O)(=O)N1CCc2c(c(-c3ccc(Cl)c(C#Cc4cccc(CO)c4)c3)nn2CCCN2CCOCC2)C1. The van der Waals surface area contributed by atoms with Gasteiger partial charge in [0, 0.05) is 73.6 Å². The van der Waals surface area contributed by atoms with E-state index < -0.39 is 10.0 Å². The maximum atomic E-state index is 12.4. The van der Waals surface area contributed by atoms with Crippen molar-refractivity contribution in [3.8, 4) is 23.1 Å². The molecule has 1 aromatic heterocycles. The molecule has 0 bridgehead atoms. The summed E-state index contributed by atoms with van der Waals surface area (Å²) in [5.41, 5.74) is 5.90. The first-order valence-electron chi connectivity index (χ1n) is 13.2. The third-order valence-electron chi connectivity index (χ3n) is 7.21. The van der Waals surface area contributed by atoms with E-state index >= 15 is 0 Å². The maximum Gasteiger partial charge on any atom is 0.211 e.